The highest BCUT2D eigenvalue weighted by Gasteiger charge is 2.24. The molecule has 0 spiro atoms. The topological polar surface area (TPSA) is 0 Å². The van der Waals surface area contributed by atoms with Gasteiger partial charge in [0.25, 0.3) is 0 Å². The van der Waals surface area contributed by atoms with Crippen LogP contribution in [0.4, 0.5) is 8.63 Å². The molecule has 0 aromatic heterocycles. The van der Waals surface area contributed by atoms with Crippen LogP contribution < -0.4 is 0 Å². The molecule has 0 N–H and O–H groups in total. The molecule has 0 aliphatic carbocycles. The Balaban J connectivity index is 2.04. The number of allylic oxidation sites excluding steroid dienone is 5. The summed E-state index contributed by atoms with van der Waals surface area (Å²) in [6.07, 6.45) is 8.27. The Bertz CT molecular complexity index is 1170. The van der Waals surface area contributed by atoms with Gasteiger partial charge in [-0.3, -0.25) is 8.63 Å². The highest BCUT2D eigenvalue weighted by atomic mass is 19.2. The van der Waals surface area contributed by atoms with Gasteiger partial charge in [-0.15, -0.1) is 0 Å². The average molecular weight is 587 g/mol. The summed E-state index contributed by atoms with van der Waals surface area (Å²) in [5.41, 5.74) is 7.22. The first-order valence-corrected chi connectivity index (χ1v) is 16.4. The predicted molar refractivity (Wildman–Crippen MR) is 188 cm³/mol. The minimum Gasteiger partial charge on any atom is -0.287 e. The first-order chi connectivity index (χ1) is 20.3. The summed E-state index contributed by atoms with van der Waals surface area (Å²) in [4.78, 5) is 0. The normalized spacial score (nSPS) is 14.2. The Kier molecular flexibility index (Phi) is 15.5. The van der Waals surface area contributed by atoms with Gasteiger partial charge in [-0.2, -0.15) is 0 Å². The Morgan fingerprint density at radius 2 is 1.33 bits per heavy atom. The van der Waals surface area contributed by atoms with Crippen molar-refractivity contribution in [2.24, 2.45) is 35.5 Å². The summed E-state index contributed by atoms with van der Waals surface area (Å²) in [5, 5.41) is 0. The third-order valence-electron chi connectivity index (χ3n) is 8.67. The largest absolute Gasteiger partial charge is 0.542 e. The lowest BCUT2D eigenvalue weighted by molar-refractivity contribution is 0.337. The molecule has 3 unspecified atom stereocenters. The maximum atomic E-state index is 13.3. The maximum Gasteiger partial charge on any atom is 0.542 e. The van der Waals surface area contributed by atoms with Crippen molar-refractivity contribution in [3.05, 3.63) is 108 Å². The molecule has 0 aliphatic heterocycles. The molecule has 2 aromatic carbocycles. The number of halogens is 2. The highest BCUT2D eigenvalue weighted by Crippen LogP contribution is 2.36. The van der Waals surface area contributed by atoms with Crippen LogP contribution in [0.2, 0.25) is 6.32 Å². The molecule has 3 atom stereocenters. The van der Waals surface area contributed by atoms with Crippen molar-refractivity contribution in [2.75, 3.05) is 0 Å². The monoisotopic (exact) mass is 586 g/mol. The van der Waals surface area contributed by atoms with Crippen molar-refractivity contribution in [3.63, 3.8) is 0 Å². The van der Waals surface area contributed by atoms with Crippen molar-refractivity contribution < 1.29 is 8.63 Å². The summed E-state index contributed by atoms with van der Waals surface area (Å²) < 4.78 is 26.6. The lowest BCUT2D eigenvalue weighted by Crippen LogP contribution is -2.18. The zero-order valence-electron chi connectivity index (χ0n) is 28.1. The van der Waals surface area contributed by atoms with Gasteiger partial charge in [0, 0.05) is 6.32 Å². The molecule has 0 saturated heterocycles. The van der Waals surface area contributed by atoms with E-state index in [1.54, 1.807) is 0 Å². The van der Waals surface area contributed by atoms with E-state index in [1.165, 1.54) is 36.0 Å². The molecular weight excluding hydrogens is 529 g/mol. The van der Waals surface area contributed by atoms with Crippen LogP contribution in [0.15, 0.2) is 91.6 Å². The van der Waals surface area contributed by atoms with Gasteiger partial charge in [0.1, 0.15) is 0 Å². The van der Waals surface area contributed by atoms with E-state index in [4.69, 9.17) is 0 Å². The molecule has 234 valence electrons. The van der Waals surface area contributed by atoms with Gasteiger partial charge in [0.15, 0.2) is 0 Å². The van der Waals surface area contributed by atoms with Gasteiger partial charge in [-0.25, -0.2) is 0 Å². The maximum absolute atomic E-state index is 13.3. The molecule has 0 heterocycles. The summed E-state index contributed by atoms with van der Waals surface area (Å²) in [6.45, 7) is 29.5. The van der Waals surface area contributed by atoms with Crippen molar-refractivity contribution in [1.82, 2.24) is 0 Å². The molecular formula is C40H57BF2. The Morgan fingerprint density at radius 1 is 0.744 bits per heavy atom. The number of hydrogen-bond acceptors (Lipinski definition) is 0. The van der Waals surface area contributed by atoms with Crippen LogP contribution in [-0.2, 0) is 6.42 Å². The number of aryl methyl sites for hydroxylation is 1. The van der Waals surface area contributed by atoms with Crippen LogP contribution in [0.5, 0.6) is 0 Å². The minimum atomic E-state index is -2.40. The van der Waals surface area contributed by atoms with Gasteiger partial charge in [-0.05, 0) is 102 Å². The van der Waals surface area contributed by atoms with Gasteiger partial charge in [-0.1, -0.05) is 140 Å². The second kappa shape index (κ2) is 18.2. The van der Waals surface area contributed by atoms with Gasteiger partial charge in [0.2, 0.25) is 0 Å². The summed E-state index contributed by atoms with van der Waals surface area (Å²) in [6, 6.07) is 17.9. The number of hydrogen-bond donors (Lipinski definition) is 0. The van der Waals surface area contributed by atoms with Crippen molar-refractivity contribution in [3.8, 4) is 0 Å². The molecule has 0 fully saturated rings. The molecule has 0 nitrogen and oxygen atoms in total. The molecule has 43 heavy (non-hydrogen) atoms. The molecule has 2 rings (SSSR count). The smallest absolute Gasteiger partial charge is 0.287 e. The molecule has 0 saturated carbocycles. The van der Waals surface area contributed by atoms with Crippen LogP contribution in [0.1, 0.15) is 97.3 Å². The second-order valence-electron chi connectivity index (χ2n) is 14.0. The Morgan fingerprint density at radius 3 is 1.86 bits per heavy atom. The van der Waals surface area contributed by atoms with Gasteiger partial charge < -0.3 is 0 Å². The van der Waals surface area contributed by atoms with Gasteiger partial charge in [0.05, 0.1) is 0 Å². The zero-order valence-corrected chi connectivity index (χ0v) is 28.1. The van der Waals surface area contributed by atoms with E-state index < -0.39 is 7.27 Å². The van der Waals surface area contributed by atoms with Crippen LogP contribution in [0.3, 0.4) is 0 Å². The number of benzene rings is 2. The molecule has 3 heteroatoms. The molecule has 0 radical (unpaired) electrons. The predicted octanol–water partition coefficient (Wildman–Crippen LogP) is 12.7. The van der Waals surface area contributed by atoms with Crippen LogP contribution in [-0.4, -0.2) is 7.27 Å². The van der Waals surface area contributed by atoms with E-state index in [1.807, 2.05) is 36.4 Å². The second-order valence-corrected chi connectivity index (χ2v) is 14.0. The lowest BCUT2D eigenvalue weighted by Gasteiger charge is -2.30. The first-order valence-electron chi connectivity index (χ1n) is 16.4. The third kappa shape index (κ3) is 13.2. The van der Waals surface area contributed by atoms with E-state index in [2.05, 4.69) is 92.5 Å². The van der Waals surface area contributed by atoms with E-state index in [0.29, 0.717) is 41.1 Å². The van der Waals surface area contributed by atoms with Crippen LogP contribution in [0, 0.1) is 35.5 Å². The quantitative estimate of drug-likeness (QED) is 0.0873. The van der Waals surface area contributed by atoms with Crippen molar-refractivity contribution >= 4 is 18.4 Å². The Hall–Kier alpha value is -2.68. The van der Waals surface area contributed by atoms with Crippen LogP contribution in [0.25, 0.3) is 11.1 Å². The Labute approximate surface area is 263 Å². The summed E-state index contributed by atoms with van der Waals surface area (Å²) in [7, 11) is -2.40. The van der Waals surface area contributed by atoms with E-state index in [-0.39, 0.29) is 6.32 Å². The fourth-order valence-corrected chi connectivity index (χ4v) is 6.16. The number of rotatable bonds is 19. The SMILES string of the molecule is C=C(/C=C(\CB(F)F)c1ccccc1)c1ccc(CCC(C)CC(CC(C)C)C(=C)CC(CC(C)C)C(=C)C(C)C)cc1. The van der Waals surface area contributed by atoms with Crippen LogP contribution >= 0.6 is 0 Å². The zero-order chi connectivity index (χ0) is 32.1. The first kappa shape index (κ1) is 36.5. The molecule has 2 aromatic rings. The molecule has 0 bridgehead atoms. The third-order valence-corrected chi connectivity index (χ3v) is 8.67. The fraction of sp³-hybridized carbons (Fsp3) is 0.500. The molecule has 0 aliphatic rings. The van der Waals surface area contributed by atoms with E-state index in [0.717, 1.165) is 36.0 Å². The highest BCUT2D eigenvalue weighted by molar-refractivity contribution is 6.45. The van der Waals surface area contributed by atoms with E-state index in [9.17, 15) is 8.63 Å². The van der Waals surface area contributed by atoms with Gasteiger partial charge >= 0.3 is 7.27 Å². The molecule has 0 amide bonds. The summed E-state index contributed by atoms with van der Waals surface area (Å²) in [5.74, 6) is 3.44. The van der Waals surface area contributed by atoms with E-state index >= 15 is 0 Å². The van der Waals surface area contributed by atoms with Crippen molar-refractivity contribution in [2.45, 2.75) is 93.3 Å². The lowest BCUT2D eigenvalue weighted by atomic mass is 9.75. The standard InChI is InChI=1S/C40H57BF2/c1-28(2)22-38(33(9)25-39(23-29(3)4)34(10)30(5)6)24-31(7)16-17-35-18-20-36(21-19-35)32(8)26-40(27-41(42)43)37-14-12-11-13-15-37/h11-15,18-21,26,28-31,38-39H,8-10,16-17,22-25,27H2,1-7H3/b40-26+. The van der Waals surface area contributed by atoms with Crippen molar-refractivity contribution in [1.29, 1.82) is 0 Å². The minimum absolute atomic E-state index is 0.284. The fourth-order valence-electron chi connectivity index (χ4n) is 6.16. The average Bonchev–Trinajstić information content (AvgIpc) is 2.94. The summed E-state index contributed by atoms with van der Waals surface area (Å²) >= 11 is 0.